The van der Waals surface area contributed by atoms with Gasteiger partial charge in [-0.3, -0.25) is 0 Å². The number of allylic oxidation sites excluding steroid dienone is 2. The van der Waals surface area contributed by atoms with Gasteiger partial charge in [-0.25, -0.2) is 0 Å². The van der Waals surface area contributed by atoms with Crippen LogP contribution in [0.4, 0.5) is 0 Å². The fourth-order valence-corrected chi connectivity index (χ4v) is 6.32. The molecule has 1 heterocycles. The van der Waals surface area contributed by atoms with Crippen molar-refractivity contribution in [1.82, 2.24) is 4.57 Å². The van der Waals surface area contributed by atoms with Gasteiger partial charge in [-0.15, -0.1) is 0 Å². The minimum absolute atomic E-state index is 0.315. The van der Waals surface area contributed by atoms with Gasteiger partial charge in [-0.2, -0.15) is 0 Å². The van der Waals surface area contributed by atoms with Crippen molar-refractivity contribution < 1.29 is 0 Å². The van der Waals surface area contributed by atoms with E-state index in [4.69, 9.17) is 0 Å². The second kappa shape index (κ2) is 6.92. The molecule has 0 saturated carbocycles. The summed E-state index contributed by atoms with van der Waals surface area (Å²) >= 11 is 3.98. The molecule has 4 rings (SSSR count). The quantitative estimate of drug-likeness (QED) is 0.522. The molecule has 0 fully saturated rings. The van der Waals surface area contributed by atoms with E-state index in [9.17, 15) is 0 Å². The van der Waals surface area contributed by atoms with E-state index in [1.54, 1.807) is 5.57 Å². The van der Waals surface area contributed by atoms with Gasteiger partial charge in [0.05, 0.1) is 0 Å². The molecule has 0 aliphatic heterocycles. The second-order valence-corrected chi connectivity index (χ2v) is 9.48. The first-order valence-electron chi connectivity index (χ1n) is 8.44. The molecule has 122 valence electrons. The molecule has 0 N–H and O–H groups in total. The van der Waals surface area contributed by atoms with Gasteiger partial charge in [0.2, 0.25) is 0 Å². The number of aryl methyl sites for hydroxylation is 1. The van der Waals surface area contributed by atoms with Gasteiger partial charge in [0.15, 0.2) is 0 Å². The molecule has 3 aromatic rings. The van der Waals surface area contributed by atoms with E-state index in [-0.39, 0.29) is 0 Å². The van der Waals surface area contributed by atoms with Crippen LogP contribution in [0.2, 0.25) is 0 Å². The van der Waals surface area contributed by atoms with Crippen LogP contribution in [0.3, 0.4) is 0 Å². The molecule has 1 aliphatic rings. The van der Waals surface area contributed by atoms with Crippen LogP contribution in [0.1, 0.15) is 31.4 Å². The Labute approximate surface area is 158 Å². The third kappa shape index (κ3) is 3.01. The van der Waals surface area contributed by atoms with Crippen molar-refractivity contribution in [3.05, 3.63) is 64.8 Å². The van der Waals surface area contributed by atoms with Gasteiger partial charge in [0.1, 0.15) is 0 Å². The molecular formula is C21H20BrNSe. The SMILES string of the molecule is Cn1c(C2=CCCCC2)c([Se]c2ccccc2)c2cc(Br)ccc21. The zero-order chi connectivity index (χ0) is 16.5. The summed E-state index contributed by atoms with van der Waals surface area (Å²) in [5.74, 6) is 0. The molecule has 1 nitrogen and oxygen atoms in total. The zero-order valence-corrected chi connectivity index (χ0v) is 17.1. The first-order chi connectivity index (χ1) is 11.7. The van der Waals surface area contributed by atoms with Crippen molar-refractivity contribution in [1.29, 1.82) is 0 Å². The van der Waals surface area contributed by atoms with Crippen LogP contribution >= 0.6 is 15.9 Å². The van der Waals surface area contributed by atoms with Gasteiger partial charge in [-0.1, -0.05) is 0 Å². The number of fused-ring (bicyclic) bond motifs is 1. The van der Waals surface area contributed by atoms with E-state index in [0.29, 0.717) is 15.0 Å². The van der Waals surface area contributed by atoms with E-state index in [0.717, 1.165) is 4.47 Å². The molecular weight excluding hydrogens is 425 g/mol. The third-order valence-corrected chi connectivity index (χ3v) is 7.53. The predicted molar refractivity (Wildman–Crippen MR) is 109 cm³/mol. The number of halogens is 1. The Morgan fingerprint density at radius 3 is 2.62 bits per heavy atom. The number of benzene rings is 2. The molecule has 0 unspecified atom stereocenters. The van der Waals surface area contributed by atoms with Crippen molar-refractivity contribution in [3.63, 3.8) is 0 Å². The second-order valence-electron chi connectivity index (χ2n) is 6.29. The summed E-state index contributed by atoms with van der Waals surface area (Å²) in [6, 6.07) is 17.6. The predicted octanol–water partition coefficient (Wildman–Crippen LogP) is 4.55. The van der Waals surface area contributed by atoms with E-state index in [1.165, 1.54) is 51.2 Å². The minimum atomic E-state index is 0.315. The van der Waals surface area contributed by atoms with E-state index in [1.807, 2.05) is 0 Å². The maximum atomic E-state index is 3.66. The monoisotopic (exact) mass is 445 g/mol. The average molecular weight is 445 g/mol. The molecule has 1 aromatic heterocycles. The number of aromatic nitrogens is 1. The van der Waals surface area contributed by atoms with Crippen molar-refractivity contribution in [2.75, 3.05) is 0 Å². The maximum absolute atomic E-state index is 3.66. The van der Waals surface area contributed by atoms with Gasteiger partial charge >= 0.3 is 158 Å². The Morgan fingerprint density at radius 1 is 1.04 bits per heavy atom. The van der Waals surface area contributed by atoms with E-state index < -0.39 is 0 Å². The van der Waals surface area contributed by atoms with Crippen molar-refractivity contribution in [3.8, 4) is 0 Å². The van der Waals surface area contributed by atoms with Gasteiger partial charge in [0.25, 0.3) is 0 Å². The number of rotatable bonds is 3. The Balaban J connectivity index is 1.93. The summed E-state index contributed by atoms with van der Waals surface area (Å²) in [6.07, 6.45) is 7.55. The van der Waals surface area contributed by atoms with Crippen LogP contribution in [0.5, 0.6) is 0 Å². The zero-order valence-electron chi connectivity index (χ0n) is 13.8. The molecule has 0 radical (unpaired) electrons. The fourth-order valence-electron chi connectivity index (χ4n) is 3.51. The Morgan fingerprint density at radius 2 is 1.88 bits per heavy atom. The van der Waals surface area contributed by atoms with Crippen LogP contribution < -0.4 is 8.92 Å². The van der Waals surface area contributed by atoms with Crippen LogP contribution in [0.25, 0.3) is 16.5 Å². The Bertz CT molecular complexity index is 908. The van der Waals surface area contributed by atoms with Gasteiger partial charge in [-0.05, 0) is 0 Å². The van der Waals surface area contributed by atoms with Crippen molar-refractivity contribution in [2.45, 2.75) is 25.7 Å². The first kappa shape index (κ1) is 16.2. The molecule has 0 amide bonds. The number of hydrogen-bond acceptors (Lipinski definition) is 0. The van der Waals surface area contributed by atoms with Crippen molar-refractivity contribution >= 4 is 56.3 Å². The molecule has 0 atom stereocenters. The van der Waals surface area contributed by atoms with Gasteiger partial charge in [0, 0.05) is 0 Å². The average Bonchev–Trinajstić information content (AvgIpc) is 2.88. The van der Waals surface area contributed by atoms with Crippen LogP contribution in [0.15, 0.2) is 59.1 Å². The van der Waals surface area contributed by atoms with E-state index >= 15 is 0 Å². The topological polar surface area (TPSA) is 4.93 Å². The first-order valence-corrected chi connectivity index (χ1v) is 10.9. The summed E-state index contributed by atoms with van der Waals surface area (Å²) in [5.41, 5.74) is 4.35. The molecule has 0 bridgehead atoms. The summed E-state index contributed by atoms with van der Waals surface area (Å²) in [5, 5.41) is 1.40. The van der Waals surface area contributed by atoms with Crippen LogP contribution in [-0.4, -0.2) is 19.5 Å². The summed E-state index contributed by atoms with van der Waals surface area (Å²) in [7, 11) is 2.23. The van der Waals surface area contributed by atoms with E-state index in [2.05, 4.69) is 82.2 Å². The molecule has 1 aliphatic carbocycles. The normalized spacial score (nSPS) is 14.8. The summed E-state index contributed by atoms with van der Waals surface area (Å²) in [6.45, 7) is 0. The van der Waals surface area contributed by atoms with Crippen molar-refractivity contribution in [2.24, 2.45) is 7.05 Å². The van der Waals surface area contributed by atoms with Crippen LogP contribution in [0, 0.1) is 0 Å². The molecule has 2 aromatic carbocycles. The number of hydrogen-bond donors (Lipinski definition) is 0. The summed E-state index contributed by atoms with van der Waals surface area (Å²) < 4.78 is 6.55. The van der Waals surface area contributed by atoms with Gasteiger partial charge < -0.3 is 0 Å². The summed E-state index contributed by atoms with van der Waals surface area (Å²) in [4.78, 5) is 0. The van der Waals surface area contributed by atoms with Crippen LogP contribution in [-0.2, 0) is 7.05 Å². The Kier molecular flexibility index (Phi) is 4.67. The number of nitrogens with zero attached hydrogens (tertiary/aromatic N) is 1. The Hall–Kier alpha value is -1.28. The standard InChI is InChI=1S/C21H20BrNSe/c1-23-19-13-12-16(22)14-18(19)21(24-17-10-6-3-7-11-17)20(23)15-8-4-2-5-9-15/h3,6-8,10-14H,2,4-5,9H2,1H3. The third-order valence-electron chi connectivity index (χ3n) is 4.67. The molecule has 3 heteroatoms. The molecule has 0 spiro atoms. The molecule has 24 heavy (non-hydrogen) atoms. The fraction of sp³-hybridized carbons (Fsp3) is 0.238. The molecule has 0 saturated heterocycles.